The van der Waals surface area contributed by atoms with Gasteiger partial charge in [0.1, 0.15) is 0 Å². The van der Waals surface area contributed by atoms with Gasteiger partial charge in [-0.15, -0.1) is 0 Å². The molecule has 0 aliphatic heterocycles. The highest BCUT2D eigenvalue weighted by Gasteiger charge is 2.11. The van der Waals surface area contributed by atoms with Crippen LogP contribution in [0.3, 0.4) is 0 Å². The second-order valence-corrected chi connectivity index (χ2v) is 4.10. The van der Waals surface area contributed by atoms with Crippen molar-refractivity contribution in [2.45, 2.75) is 33.1 Å². The number of ether oxygens (including phenoxy) is 1. The minimum absolute atomic E-state index is 0.151. The number of esters is 1. The van der Waals surface area contributed by atoms with Gasteiger partial charge in [-0.25, -0.2) is 0 Å². The van der Waals surface area contributed by atoms with Crippen LogP contribution in [0.2, 0.25) is 0 Å². The summed E-state index contributed by atoms with van der Waals surface area (Å²) in [6.45, 7) is 6.19. The molecule has 0 amide bonds. The third-order valence-corrected chi connectivity index (χ3v) is 2.51. The molecule has 0 N–H and O–H groups in total. The van der Waals surface area contributed by atoms with Crippen molar-refractivity contribution in [1.82, 2.24) is 0 Å². The zero-order valence-electron chi connectivity index (χ0n) is 9.83. The fraction of sp³-hybridized carbons (Fsp3) is 0.462. The van der Waals surface area contributed by atoms with E-state index in [4.69, 9.17) is 0 Å². The summed E-state index contributed by atoms with van der Waals surface area (Å²) in [6.07, 6.45) is 0.444. The van der Waals surface area contributed by atoms with Gasteiger partial charge in [0, 0.05) is 0 Å². The van der Waals surface area contributed by atoms with Gasteiger partial charge in [-0.2, -0.15) is 0 Å². The Balaban J connectivity index is 2.81. The largest absolute Gasteiger partial charge is 0.469 e. The molecule has 1 unspecified atom stereocenters. The Bertz CT molecular complexity index is 335. The monoisotopic (exact) mass is 206 g/mol. The predicted octanol–water partition coefficient (Wildman–Crippen LogP) is 2.97. The Morgan fingerprint density at radius 3 is 2.27 bits per heavy atom. The van der Waals surface area contributed by atoms with Gasteiger partial charge in [0.25, 0.3) is 0 Å². The third kappa shape index (κ3) is 3.39. The van der Waals surface area contributed by atoms with Crippen molar-refractivity contribution in [3.05, 3.63) is 34.9 Å². The molecular formula is C13H18O2. The predicted molar refractivity (Wildman–Crippen MR) is 61.0 cm³/mol. The molecule has 0 bridgehead atoms. The van der Waals surface area contributed by atoms with E-state index in [1.54, 1.807) is 0 Å². The van der Waals surface area contributed by atoms with Crippen LogP contribution in [0.1, 0.15) is 36.0 Å². The van der Waals surface area contributed by atoms with Crippen molar-refractivity contribution in [3.63, 3.8) is 0 Å². The molecule has 1 rings (SSSR count). The molecule has 0 saturated carbocycles. The summed E-state index contributed by atoms with van der Waals surface area (Å²) in [5, 5.41) is 0. The van der Waals surface area contributed by atoms with Crippen molar-refractivity contribution in [2.75, 3.05) is 7.11 Å². The highest BCUT2D eigenvalue weighted by atomic mass is 16.5. The van der Waals surface area contributed by atoms with Crippen LogP contribution in [-0.4, -0.2) is 13.1 Å². The second kappa shape index (κ2) is 4.96. The van der Waals surface area contributed by atoms with Gasteiger partial charge >= 0.3 is 5.97 Å². The summed E-state index contributed by atoms with van der Waals surface area (Å²) in [5.74, 6) is 0.0673. The molecule has 0 fully saturated rings. The smallest absolute Gasteiger partial charge is 0.306 e. The van der Waals surface area contributed by atoms with Gasteiger partial charge in [0.2, 0.25) is 0 Å². The van der Waals surface area contributed by atoms with Crippen LogP contribution >= 0.6 is 0 Å². The van der Waals surface area contributed by atoms with Gasteiger partial charge in [-0.05, 0) is 25.3 Å². The quantitative estimate of drug-likeness (QED) is 0.711. The van der Waals surface area contributed by atoms with E-state index in [-0.39, 0.29) is 11.9 Å². The maximum Gasteiger partial charge on any atom is 0.306 e. The highest BCUT2D eigenvalue weighted by molar-refractivity contribution is 5.70. The van der Waals surface area contributed by atoms with Gasteiger partial charge in [-0.1, -0.05) is 36.2 Å². The maximum absolute atomic E-state index is 11.1. The van der Waals surface area contributed by atoms with Crippen molar-refractivity contribution < 1.29 is 9.53 Å². The first-order valence-corrected chi connectivity index (χ1v) is 5.18. The number of aryl methyl sites for hydroxylation is 2. The first kappa shape index (κ1) is 11.8. The molecule has 0 saturated heterocycles. The third-order valence-electron chi connectivity index (χ3n) is 2.51. The van der Waals surface area contributed by atoms with Crippen molar-refractivity contribution in [2.24, 2.45) is 0 Å². The molecule has 15 heavy (non-hydrogen) atoms. The normalized spacial score (nSPS) is 12.3. The maximum atomic E-state index is 11.1. The number of hydrogen-bond acceptors (Lipinski definition) is 2. The average Bonchev–Trinajstić information content (AvgIpc) is 2.16. The Labute approximate surface area is 91.3 Å². The second-order valence-electron chi connectivity index (χ2n) is 4.10. The van der Waals surface area contributed by atoms with E-state index in [9.17, 15) is 4.79 Å². The van der Waals surface area contributed by atoms with Crippen molar-refractivity contribution >= 4 is 5.97 Å². The average molecular weight is 206 g/mol. The fourth-order valence-electron chi connectivity index (χ4n) is 1.75. The number of hydrogen-bond donors (Lipinski definition) is 0. The van der Waals surface area contributed by atoms with E-state index in [2.05, 4.69) is 36.8 Å². The lowest BCUT2D eigenvalue weighted by Crippen LogP contribution is -2.06. The summed E-state index contributed by atoms with van der Waals surface area (Å²) in [7, 11) is 1.43. The first-order chi connectivity index (χ1) is 7.02. The summed E-state index contributed by atoms with van der Waals surface area (Å²) in [5.41, 5.74) is 3.68. The van der Waals surface area contributed by atoms with Gasteiger partial charge < -0.3 is 4.74 Å². The molecule has 1 aromatic carbocycles. The summed E-state index contributed by atoms with van der Waals surface area (Å²) in [4.78, 5) is 11.1. The molecular weight excluding hydrogens is 188 g/mol. The number of rotatable bonds is 3. The summed E-state index contributed by atoms with van der Waals surface area (Å²) < 4.78 is 4.66. The minimum atomic E-state index is -0.151. The van der Waals surface area contributed by atoms with Crippen LogP contribution < -0.4 is 0 Å². The molecule has 2 nitrogen and oxygen atoms in total. The van der Waals surface area contributed by atoms with Crippen LogP contribution in [0.4, 0.5) is 0 Å². The molecule has 0 radical (unpaired) electrons. The fourth-order valence-corrected chi connectivity index (χ4v) is 1.75. The first-order valence-electron chi connectivity index (χ1n) is 5.18. The molecule has 0 aromatic heterocycles. The van der Waals surface area contributed by atoms with E-state index < -0.39 is 0 Å². The molecule has 0 heterocycles. The molecule has 1 atom stereocenters. The van der Waals surface area contributed by atoms with Crippen LogP contribution in [-0.2, 0) is 9.53 Å². The van der Waals surface area contributed by atoms with Crippen LogP contribution in [0.25, 0.3) is 0 Å². The number of carbonyl (C=O) groups excluding carboxylic acids is 1. The van der Waals surface area contributed by atoms with E-state index in [1.807, 2.05) is 6.92 Å². The molecule has 0 aliphatic carbocycles. The van der Waals surface area contributed by atoms with E-state index in [1.165, 1.54) is 23.8 Å². The van der Waals surface area contributed by atoms with Gasteiger partial charge in [0.05, 0.1) is 13.5 Å². The lowest BCUT2D eigenvalue weighted by Gasteiger charge is -2.12. The molecule has 0 spiro atoms. The SMILES string of the molecule is COC(=O)CC(C)c1cc(C)cc(C)c1. The lowest BCUT2D eigenvalue weighted by atomic mass is 9.95. The van der Waals surface area contributed by atoms with Crippen LogP contribution in [0.15, 0.2) is 18.2 Å². The summed E-state index contributed by atoms with van der Waals surface area (Å²) >= 11 is 0. The molecule has 0 aliphatic rings. The van der Waals surface area contributed by atoms with Gasteiger partial charge in [0.15, 0.2) is 0 Å². The number of carbonyl (C=O) groups is 1. The van der Waals surface area contributed by atoms with E-state index in [0.29, 0.717) is 6.42 Å². The van der Waals surface area contributed by atoms with Gasteiger partial charge in [-0.3, -0.25) is 4.79 Å². The zero-order chi connectivity index (χ0) is 11.4. The van der Waals surface area contributed by atoms with E-state index in [0.717, 1.165) is 0 Å². The van der Waals surface area contributed by atoms with Crippen molar-refractivity contribution in [3.8, 4) is 0 Å². The topological polar surface area (TPSA) is 26.3 Å². The molecule has 82 valence electrons. The number of methoxy groups -OCH3 is 1. The lowest BCUT2D eigenvalue weighted by molar-refractivity contribution is -0.140. The highest BCUT2D eigenvalue weighted by Crippen LogP contribution is 2.21. The number of benzene rings is 1. The Morgan fingerprint density at radius 1 is 1.27 bits per heavy atom. The van der Waals surface area contributed by atoms with Crippen molar-refractivity contribution in [1.29, 1.82) is 0 Å². The minimum Gasteiger partial charge on any atom is -0.469 e. The Morgan fingerprint density at radius 2 is 1.80 bits per heavy atom. The molecule has 1 aromatic rings. The Hall–Kier alpha value is -1.31. The van der Waals surface area contributed by atoms with Crippen LogP contribution in [0.5, 0.6) is 0 Å². The standard InChI is InChI=1S/C13H18O2/c1-9-5-10(2)7-12(6-9)11(3)8-13(14)15-4/h5-7,11H,8H2,1-4H3. The zero-order valence-corrected chi connectivity index (χ0v) is 9.83. The van der Waals surface area contributed by atoms with E-state index >= 15 is 0 Å². The molecule has 2 heteroatoms. The Kier molecular flexibility index (Phi) is 3.89. The van der Waals surface area contributed by atoms with Crippen LogP contribution in [0, 0.1) is 13.8 Å². The summed E-state index contributed by atoms with van der Waals surface area (Å²) in [6, 6.07) is 6.38.